The average Bonchev–Trinajstić information content (AvgIpc) is 2.72. The Hall–Kier alpha value is -0.800. The molecule has 0 aliphatic heterocycles. The topological polar surface area (TPSA) is 12.0 Å². The predicted molar refractivity (Wildman–Crippen MR) is 75.2 cm³/mol. The van der Waals surface area contributed by atoms with Crippen LogP contribution in [0.1, 0.15) is 17.4 Å². The van der Waals surface area contributed by atoms with Crippen molar-refractivity contribution < 1.29 is 0 Å². The van der Waals surface area contributed by atoms with Crippen molar-refractivity contribution in [2.75, 3.05) is 5.32 Å². The molecule has 0 atom stereocenters. The molecule has 84 valence electrons. The van der Waals surface area contributed by atoms with Gasteiger partial charge in [-0.15, -0.1) is 11.3 Å². The number of benzene rings is 1. The molecule has 0 saturated carbocycles. The molecule has 1 N–H and O–H groups in total. The molecule has 0 amide bonds. The largest absolute Gasteiger partial charge is 0.380 e. The minimum absolute atomic E-state index is 0.880. The van der Waals surface area contributed by atoms with Crippen LogP contribution in [0.3, 0.4) is 0 Å². The van der Waals surface area contributed by atoms with E-state index in [1.807, 2.05) is 0 Å². The minimum atomic E-state index is 0.880. The van der Waals surface area contributed by atoms with Gasteiger partial charge in [0.25, 0.3) is 0 Å². The lowest BCUT2D eigenvalue weighted by Gasteiger charge is -2.06. The van der Waals surface area contributed by atoms with Crippen molar-refractivity contribution in [3.05, 3.63) is 50.6 Å². The van der Waals surface area contributed by atoms with Crippen LogP contribution in [-0.4, -0.2) is 0 Å². The van der Waals surface area contributed by atoms with Crippen molar-refractivity contribution >= 4 is 33.0 Å². The summed E-state index contributed by atoms with van der Waals surface area (Å²) >= 11 is 5.31. The summed E-state index contributed by atoms with van der Waals surface area (Å²) in [6.45, 7) is 3.06. The molecule has 0 fully saturated rings. The van der Waals surface area contributed by atoms with Crippen LogP contribution in [0, 0.1) is 0 Å². The fourth-order valence-electron chi connectivity index (χ4n) is 1.53. The van der Waals surface area contributed by atoms with Gasteiger partial charge in [0.2, 0.25) is 0 Å². The summed E-state index contributed by atoms with van der Waals surface area (Å²) in [5.41, 5.74) is 2.56. The van der Waals surface area contributed by atoms with E-state index in [4.69, 9.17) is 0 Å². The zero-order chi connectivity index (χ0) is 11.4. The lowest BCUT2D eigenvalue weighted by Crippen LogP contribution is -1.98. The number of rotatable bonds is 4. The van der Waals surface area contributed by atoms with E-state index in [1.165, 1.54) is 20.6 Å². The van der Waals surface area contributed by atoms with Crippen molar-refractivity contribution in [3.8, 4) is 0 Å². The number of anilines is 1. The van der Waals surface area contributed by atoms with Crippen molar-refractivity contribution in [2.24, 2.45) is 0 Å². The maximum absolute atomic E-state index is 3.54. The molecule has 0 aliphatic rings. The Balaban J connectivity index is 2.02. The Labute approximate surface area is 109 Å². The van der Waals surface area contributed by atoms with Crippen molar-refractivity contribution in [1.29, 1.82) is 0 Å². The lowest BCUT2D eigenvalue weighted by molar-refractivity contribution is 1.13. The first-order valence-corrected chi connectivity index (χ1v) is 7.01. The van der Waals surface area contributed by atoms with Crippen LogP contribution >= 0.6 is 27.3 Å². The smallest absolute Gasteiger partial charge is 0.0505 e. The Morgan fingerprint density at radius 1 is 1.31 bits per heavy atom. The van der Waals surface area contributed by atoms with Gasteiger partial charge in [0, 0.05) is 15.0 Å². The molecule has 0 saturated heterocycles. The van der Waals surface area contributed by atoms with Gasteiger partial charge < -0.3 is 5.32 Å². The molecule has 0 aliphatic carbocycles. The van der Waals surface area contributed by atoms with E-state index in [0.717, 1.165) is 13.0 Å². The molecular weight excluding hydrogens is 282 g/mol. The maximum atomic E-state index is 3.54. The van der Waals surface area contributed by atoms with E-state index in [-0.39, 0.29) is 0 Å². The van der Waals surface area contributed by atoms with Gasteiger partial charge in [-0.25, -0.2) is 0 Å². The van der Waals surface area contributed by atoms with Gasteiger partial charge in [-0.3, -0.25) is 0 Å². The highest BCUT2D eigenvalue weighted by Crippen LogP contribution is 2.23. The number of nitrogens with one attached hydrogen (secondary N) is 1. The predicted octanol–water partition coefficient (Wildman–Crippen LogP) is 4.69. The summed E-state index contributed by atoms with van der Waals surface area (Å²) in [5.74, 6) is 0. The summed E-state index contributed by atoms with van der Waals surface area (Å²) in [5, 5.41) is 5.54. The van der Waals surface area contributed by atoms with Crippen LogP contribution in [0.25, 0.3) is 0 Å². The molecular formula is C13H14BrNS. The molecule has 16 heavy (non-hydrogen) atoms. The molecule has 1 aromatic heterocycles. The highest BCUT2D eigenvalue weighted by molar-refractivity contribution is 9.10. The third-order valence-electron chi connectivity index (χ3n) is 2.48. The van der Waals surface area contributed by atoms with Gasteiger partial charge in [-0.2, -0.15) is 0 Å². The molecule has 0 unspecified atom stereocenters. The molecule has 1 aromatic carbocycles. The third kappa shape index (κ3) is 2.86. The van der Waals surface area contributed by atoms with Crippen LogP contribution in [0.4, 0.5) is 5.69 Å². The van der Waals surface area contributed by atoms with E-state index in [0.29, 0.717) is 0 Å². The number of aryl methyl sites for hydroxylation is 1. The fourth-order valence-corrected chi connectivity index (χ4v) is 2.97. The summed E-state index contributed by atoms with van der Waals surface area (Å²) in [6, 6.07) is 10.7. The van der Waals surface area contributed by atoms with E-state index in [9.17, 15) is 0 Å². The van der Waals surface area contributed by atoms with E-state index in [1.54, 1.807) is 11.3 Å². The van der Waals surface area contributed by atoms with Crippen LogP contribution in [-0.2, 0) is 13.0 Å². The van der Waals surface area contributed by atoms with Gasteiger partial charge >= 0.3 is 0 Å². The summed E-state index contributed by atoms with van der Waals surface area (Å²) in [7, 11) is 0. The van der Waals surface area contributed by atoms with Crippen LogP contribution < -0.4 is 5.32 Å². The number of thiophene rings is 1. The highest BCUT2D eigenvalue weighted by atomic mass is 79.9. The third-order valence-corrected chi connectivity index (χ3v) is 4.41. The zero-order valence-corrected chi connectivity index (χ0v) is 11.6. The van der Waals surface area contributed by atoms with E-state index < -0.39 is 0 Å². The summed E-state index contributed by atoms with van der Waals surface area (Å²) in [4.78, 5) is 1.34. The fraction of sp³-hybridized carbons (Fsp3) is 0.231. The molecule has 3 heteroatoms. The standard InChI is InChI=1S/C13H14BrNS/c1-2-10-4-3-5-11(8-10)15-9-13-12(14)6-7-16-13/h3-8,15H,2,9H2,1H3. The molecule has 0 bridgehead atoms. The first-order chi connectivity index (χ1) is 7.79. The van der Waals surface area contributed by atoms with Gasteiger partial charge in [0.15, 0.2) is 0 Å². The maximum Gasteiger partial charge on any atom is 0.0505 e. The Kier molecular flexibility index (Phi) is 4.02. The number of hydrogen-bond acceptors (Lipinski definition) is 2. The monoisotopic (exact) mass is 295 g/mol. The first-order valence-electron chi connectivity index (χ1n) is 5.34. The normalized spacial score (nSPS) is 10.4. The van der Waals surface area contributed by atoms with Crippen molar-refractivity contribution in [3.63, 3.8) is 0 Å². The minimum Gasteiger partial charge on any atom is -0.380 e. The summed E-state index contributed by atoms with van der Waals surface area (Å²) in [6.07, 6.45) is 1.08. The van der Waals surface area contributed by atoms with Gasteiger partial charge in [0.1, 0.15) is 0 Å². The average molecular weight is 296 g/mol. The van der Waals surface area contributed by atoms with Gasteiger partial charge in [0.05, 0.1) is 6.54 Å². The quantitative estimate of drug-likeness (QED) is 0.863. The Bertz CT molecular complexity index is 464. The second-order valence-electron chi connectivity index (χ2n) is 3.60. The molecule has 0 radical (unpaired) electrons. The zero-order valence-electron chi connectivity index (χ0n) is 9.16. The summed E-state index contributed by atoms with van der Waals surface area (Å²) < 4.78 is 1.19. The molecule has 1 nitrogen and oxygen atoms in total. The SMILES string of the molecule is CCc1cccc(NCc2sccc2Br)c1. The second kappa shape index (κ2) is 5.51. The molecule has 1 heterocycles. The van der Waals surface area contributed by atoms with E-state index >= 15 is 0 Å². The van der Waals surface area contributed by atoms with E-state index in [2.05, 4.69) is 63.9 Å². The highest BCUT2D eigenvalue weighted by Gasteiger charge is 2.00. The molecule has 2 aromatic rings. The van der Waals surface area contributed by atoms with Crippen molar-refractivity contribution in [1.82, 2.24) is 0 Å². The number of halogens is 1. The van der Waals surface area contributed by atoms with Crippen LogP contribution in [0.2, 0.25) is 0 Å². The Morgan fingerprint density at radius 3 is 2.88 bits per heavy atom. The molecule has 2 rings (SSSR count). The van der Waals surface area contributed by atoms with Crippen LogP contribution in [0.15, 0.2) is 40.2 Å². The van der Waals surface area contributed by atoms with Gasteiger partial charge in [-0.05, 0) is 51.5 Å². The van der Waals surface area contributed by atoms with Crippen molar-refractivity contribution in [2.45, 2.75) is 19.9 Å². The van der Waals surface area contributed by atoms with Gasteiger partial charge in [-0.1, -0.05) is 19.1 Å². The lowest BCUT2D eigenvalue weighted by atomic mass is 10.1. The Morgan fingerprint density at radius 2 is 2.19 bits per heavy atom. The first kappa shape index (κ1) is 11.7. The van der Waals surface area contributed by atoms with Crippen LogP contribution in [0.5, 0.6) is 0 Å². The second-order valence-corrected chi connectivity index (χ2v) is 5.45. The molecule has 0 spiro atoms. The number of hydrogen-bond donors (Lipinski definition) is 1.